The highest BCUT2D eigenvalue weighted by Crippen LogP contribution is 2.54. The fourth-order valence-corrected chi connectivity index (χ4v) is 4.65. The molecule has 1 saturated heterocycles. The molecule has 2 heterocycles. The minimum Gasteiger partial charge on any atom is -0.371 e. The molecule has 2 fully saturated rings. The average molecular weight is 343 g/mol. The summed E-state index contributed by atoms with van der Waals surface area (Å²) in [7, 11) is 3.45. The van der Waals surface area contributed by atoms with Crippen molar-refractivity contribution in [3.05, 3.63) is 34.7 Å². The Morgan fingerprint density at radius 1 is 1.24 bits per heavy atom. The number of hydrogen-bond donors (Lipinski definition) is 1. The normalized spacial score (nSPS) is 20.4. The SMILES string of the molecule is COC(OC)C1CC2(CCN(c3ccc4c(=O)[nH]ncc4c3)CC2)C1. The van der Waals surface area contributed by atoms with Crippen LogP contribution in [0.2, 0.25) is 0 Å². The fraction of sp³-hybridized carbons (Fsp3) is 0.579. The van der Waals surface area contributed by atoms with Gasteiger partial charge in [0.1, 0.15) is 0 Å². The van der Waals surface area contributed by atoms with Gasteiger partial charge in [-0.05, 0) is 49.3 Å². The Hall–Kier alpha value is -1.92. The van der Waals surface area contributed by atoms with Gasteiger partial charge in [-0.1, -0.05) is 0 Å². The highest BCUT2D eigenvalue weighted by atomic mass is 16.7. The van der Waals surface area contributed by atoms with E-state index in [0.29, 0.717) is 16.7 Å². The predicted octanol–water partition coefficient (Wildman–Crippen LogP) is 2.54. The Balaban J connectivity index is 1.42. The summed E-state index contributed by atoms with van der Waals surface area (Å²) in [5, 5.41) is 7.98. The first-order valence-electron chi connectivity index (χ1n) is 8.92. The van der Waals surface area contributed by atoms with Crippen molar-refractivity contribution in [1.82, 2.24) is 10.2 Å². The molecule has 4 rings (SSSR count). The number of piperidine rings is 1. The molecular formula is C19H25N3O3. The van der Waals surface area contributed by atoms with Gasteiger partial charge in [0.25, 0.3) is 5.56 Å². The molecule has 1 aliphatic carbocycles. The van der Waals surface area contributed by atoms with E-state index in [1.165, 1.54) is 31.4 Å². The Kier molecular flexibility index (Phi) is 4.25. The number of methoxy groups -OCH3 is 2. The third kappa shape index (κ3) is 2.93. The van der Waals surface area contributed by atoms with Crippen LogP contribution in [0.25, 0.3) is 10.8 Å². The van der Waals surface area contributed by atoms with Crippen molar-refractivity contribution < 1.29 is 9.47 Å². The molecule has 1 aliphatic heterocycles. The van der Waals surface area contributed by atoms with Gasteiger partial charge >= 0.3 is 0 Å². The van der Waals surface area contributed by atoms with Gasteiger partial charge in [0.2, 0.25) is 0 Å². The fourth-order valence-electron chi connectivity index (χ4n) is 4.65. The van der Waals surface area contributed by atoms with E-state index in [4.69, 9.17) is 9.47 Å². The lowest BCUT2D eigenvalue weighted by Crippen LogP contribution is -2.50. The number of aromatic amines is 1. The Bertz CT molecular complexity index is 799. The first-order valence-corrected chi connectivity index (χ1v) is 8.92. The van der Waals surface area contributed by atoms with Crippen molar-refractivity contribution >= 4 is 16.5 Å². The van der Waals surface area contributed by atoms with Crippen molar-refractivity contribution in [3.63, 3.8) is 0 Å². The van der Waals surface area contributed by atoms with E-state index in [9.17, 15) is 4.79 Å². The highest BCUT2D eigenvalue weighted by molar-refractivity contribution is 5.84. The van der Waals surface area contributed by atoms with Crippen LogP contribution in [0.5, 0.6) is 0 Å². The van der Waals surface area contributed by atoms with E-state index >= 15 is 0 Å². The van der Waals surface area contributed by atoms with E-state index < -0.39 is 0 Å². The molecule has 0 amide bonds. The van der Waals surface area contributed by atoms with E-state index in [-0.39, 0.29) is 11.8 Å². The van der Waals surface area contributed by atoms with Gasteiger partial charge in [0.05, 0.1) is 11.6 Å². The van der Waals surface area contributed by atoms with E-state index in [0.717, 1.165) is 18.5 Å². The van der Waals surface area contributed by atoms with Crippen molar-refractivity contribution in [2.24, 2.45) is 11.3 Å². The topological polar surface area (TPSA) is 67.5 Å². The van der Waals surface area contributed by atoms with Crippen LogP contribution in [0, 0.1) is 11.3 Å². The van der Waals surface area contributed by atoms with Crippen LogP contribution in [-0.2, 0) is 9.47 Å². The third-order valence-electron chi connectivity index (χ3n) is 6.08. The summed E-state index contributed by atoms with van der Waals surface area (Å²) in [6, 6.07) is 6.02. The molecule has 1 N–H and O–H groups in total. The zero-order chi connectivity index (χ0) is 17.4. The molecule has 0 bridgehead atoms. The lowest BCUT2D eigenvalue weighted by atomic mass is 9.57. The molecule has 0 atom stereocenters. The van der Waals surface area contributed by atoms with Crippen LogP contribution in [0.3, 0.4) is 0 Å². The summed E-state index contributed by atoms with van der Waals surface area (Å²) in [6.07, 6.45) is 6.46. The van der Waals surface area contributed by atoms with E-state index in [2.05, 4.69) is 21.2 Å². The van der Waals surface area contributed by atoms with Gasteiger partial charge in [-0.25, -0.2) is 5.10 Å². The van der Waals surface area contributed by atoms with Crippen LogP contribution in [0.1, 0.15) is 25.7 Å². The first-order chi connectivity index (χ1) is 12.1. The molecule has 6 heteroatoms. The Morgan fingerprint density at radius 2 is 1.96 bits per heavy atom. The van der Waals surface area contributed by atoms with E-state index in [1.807, 2.05) is 12.1 Å². The Labute approximate surface area is 147 Å². The molecule has 0 radical (unpaired) electrons. The quantitative estimate of drug-likeness (QED) is 0.864. The summed E-state index contributed by atoms with van der Waals surface area (Å²) in [5.74, 6) is 0.528. The minimum absolute atomic E-state index is 0.0604. The van der Waals surface area contributed by atoms with Crippen molar-refractivity contribution in [2.45, 2.75) is 32.0 Å². The number of hydrogen-bond acceptors (Lipinski definition) is 5. The summed E-state index contributed by atoms with van der Waals surface area (Å²) in [4.78, 5) is 14.2. The van der Waals surface area contributed by atoms with Gasteiger partial charge in [0, 0.05) is 44.3 Å². The summed E-state index contributed by atoms with van der Waals surface area (Å²) in [5.41, 5.74) is 1.51. The number of nitrogens with zero attached hydrogens (tertiary/aromatic N) is 2. The van der Waals surface area contributed by atoms with Gasteiger partial charge in [-0.2, -0.15) is 5.10 Å². The largest absolute Gasteiger partial charge is 0.371 e. The van der Waals surface area contributed by atoms with Crippen molar-refractivity contribution in [2.75, 3.05) is 32.2 Å². The second-order valence-corrected chi connectivity index (χ2v) is 7.47. The summed E-state index contributed by atoms with van der Waals surface area (Å²) < 4.78 is 10.8. The van der Waals surface area contributed by atoms with Crippen molar-refractivity contribution in [3.8, 4) is 0 Å². The molecule has 1 saturated carbocycles. The predicted molar refractivity (Wildman–Crippen MR) is 96.8 cm³/mol. The zero-order valence-electron chi connectivity index (χ0n) is 14.8. The van der Waals surface area contributed by atoms with Crippen molar-refractivity contribution in [1.29, 1.82) is 0 Å². The molecule has 1 spiro atoms. The standard InChI is InChI=1S/C19H25N3O3/c1-24-18(25-2)14-10-19(11-14)5-7-22(8-6-19)15-3-4-16-13(9-15)12-20-21-17(16)23/h3-4,9,12,14,18H,5-8,10-11H2,1-2H3,(H,21,23). The number of fused-ring (bicyclic) bond motifs is 1. The second-order valence-electron chi connectivity index (χ2n) is 7.47. The van der Waals surface area contributed by atoms with Crippen LogP contribution in [0.4, 0.5) is 5.69 Å². The number of anilines is 1. The molecule has 2 aromatic rings. The number of ether oxygens (including phenoxy) is 2. The molecule has 1 aromatic carbocycles. The zero-order valence-corrected chi connectivity index (χ0v) is 14.8. The van der Waals surface area contributed by atoms with Gasteiger partial charge in [0.15, 0.2) is 6.29 Å². The van der Waals surface area contributed by atoms with Crippen LogP contribution in [0.15, 0.2) is 29.2 Å². The Morgan fingerprint density at radius 3 is 2.64 bits per heavy atom. The molecule has 0 unspecified atom stereocenters. The van der Waals surface area contributed by atoms with Crippen LogP contribution >= 0.6 is 0 Å². The smallest absolute Gasteiger partial charge is 0.272 e. The number of rotatable bonds is 4. The van der Waals surface area contributed by atoms with Gasteiger partial charge < -0.3 is 14.4 Å². The maximum atomic E-state index is 11.8. The molecule has 6 nitrogen and oxygen atoms in total. The highest BCUT2D eigenvalue weighted by Gasteiger charge is 2.48. The third-order valence-corrected chi connectivity index (χ3v) is 6.08. The van der Waals surface area contributed by atoms with Gasteiger partial charge in [-0.3, -0.25) is 4.79 Å². The molecule has 1 aromatic heterocycles. The monoisotopic (exact) mass is 343 g/mol. The lowest BCUT2D eigenvalue weighted by Gasteiger charge is -2.54. The summed E-state index contributed by atoms with van der Waals surface area (Å²) in [6.45, 7) is 2.11. The minimum atomic E-state index is -0.131. The molecule has 2 aliphatic rings. The average Bonchev–Trinajstić information content (AvgIpc) is 2.62. The lowest BCUT2D eigenvalue weighted by molar-refractivity contribution is -0.184. The summed E-state index contributed by atoms with van der Waals surface area (Å²) >= 11 is 0. The van der Waals surface area contributed by atoms with E-state index in [1.54, 1.807) is 20.4 Å². The maximum absolute atomic E-state index is 11.8. The van der Waals surface area contributed by atoms with Crippen LogP contribution in [-0.4, -0.2) is 43.8 Å². The number of H-pyrrole nitrogens is 1. The first kappa shape index (κ1) is 16.5. The second kappa shape index (κ2) is 6.42. The van der Waals surface area contributed by atoms with Gasteiger partial charge in [-0.15, -0.1) is 0 Å². The number of benzene rings is 1. The van der Waals surface area contributed by atoms with Crippen LogP contribution < -0.4 is 10.5 Å². The molecule has 134 valence electrons. The molecule has 25 heavy (non-hydrogen) atoms. The number of nitrogens with one attached hydrogen (secondary N) is 1. The maximum Gasteiger partial charge on any atom is 0.272 e. The molecular weight excluding hydrogens is 318 g/mol. The number of aromatic nitrogens is 2.